The summed E-state index contributed by atoms with van der Waals surface area (Å²) in [6.07, 6.45) is 0. The normalized spacial score (nSPS) is 16.4. The lowest BCUT2D eigenvalue weighted by Gasteiger charge is -2.43. The van der Waals surface area contributed by atoms with Crippen LogP contribution in [0.1, 0.15) is 22.8 Å². The van der Waals surface area contributed by atoms with E-state index in [1.165, 1.54) is 29.8 Å². The highest BCUT2D eigenvalue weighted by atomic mass is 32.2. The van der Waals surface area contributed by atoms with Crippen LogP contribution in [0.15, 0.2) is 71.6 Å². The van der Waals surface area contributed by atoms with Gasteiger partial charge in [0.1, 0.15) is 5.82 Å². The van der Waals surface area contributed by atoms with Crippen LogP contribution in [0.3, 0.4) is 0 Å². The number of carbonyl (C=O) groups is 1. The van der Waals surface area contributed by atoms with E-state index in [4.69, 9.17) is 0 Å². The lowest BCUT2D eigenvalue weighted by Crippen LogP contribution is -2.52. The average molecular weight is 484 g/mol. The van der Waals surface area contributed by atoms with Gasteiger partial charge >= 0.3 is 5.97 Å². The number of anilines is 3. The molecule has 2 N–H and O–H groups in total. The van der Waals surface area contributed by atoms with Gasteiger partial charge in [0, 0.05) is 31.4 Å². The summed E-state index contributed by atoms with van der Waals surface area (Å²) in [5.74, 6) is -1.71. The number of carboxylic acid groups (broad SMARTS) is 1. The molecule has 0 saturated carbocycles. The van der Waals surface area contributed by atoms with Gasteiger partial charge in [-0.05, 0) is 74.0 Å². The zero-order chi connectivity index (χ0) is 24.5. The zero-order valence-corrected chi connectivity index (χ0v) is 19.7. The monoisotopic (exact) mass is 483 g/mol. The number of aryl methyl sites for hydroxylation is 1. The predicted molar refractivity (Wildman–Crippen MR) is 131 cm³/mol. The van der Waals surface area contributed by atoms with Crippen LogP contribution in [0.5, 0.6) is 0 Å². The molecule has 1 fully saturated rings. The van der Waals surface area contributed by atoms with Crippen LogP contribution in [0.25, 0.3) is 0 Å². The third kappa shape index (κ3) is 4.99. The summed E-state index contributed by atoms with van der Waals surface area (Å²) >= 11 is 0. The summed E-state index contributed by atoms with van der Waals surface area (Å²) in [5.41, 5.74) is 3.03. The van der Waals surface area contributed by atoms with Gasteiger partial charge in [-0.1, -0.05) is 12.1 Å². The van der Waals surface area contributed by atoms with Crippen molar-refractivity contribution < 1.29 is 22.7 Å². The Bertz CT molecular complexity index is 1310. The molecule has 178 valence electrons. The number of carboxylic acids is 1. The second kappa shape index (κ2) is 9.34. The Morgan fingerprint density at radius 3 is 2.44 bits per heavy atom. The molecule has 0 spiro atoms. The van der Waals surface area contributed by atoms with E-state index < -0.39 is 21.8 Å². The fourth-order valence-electron chi connectivity index (χ4n) is 4.21. The molecule has 1 aliphatic rings. The molecule has 1 heterocycles. The maximum Gasteiger partial charge on any atom is 0.335 e. The molecule has 0 amide bonds. The van der Waals surface area contributed by atoms with E-state index in [0.717, 1.165) is 24.4 Å². The highest BCUT2D eigenvalue weighted by Gasteiger charge is 2.27. The summed E-state index contributed by atoms with van der Waals surface area (Å²) in [4.78, 5) is 15.8. The van der Waals surface area contributed by atoms with E-state index in [1.807, 2.05) is 24.0 Å². The lowest BCUT2D eigenvalue weighted by atomic mass is 10.1. The van der Waals surface area contributed by atoms with Crippen molar-refractivity contribution in [3.63, 3.8) is 0 Å². The SMILES string of the molecule is Cc1cccc(N2CCN(c3ccc(C(=O)O)cc3NS(=O)(=O)c3ccc(F)cc3)CC2C)c1. The van der Waals surface area contributed by atoms with Crippen molar-refractivity contribution in [2.24, 2.45) is 0 Å². The van der Waals surface area contributed by atoms with E-state index in [2.05, 4.69) is 28.7 Å². The van der Waals surface area contributed by atoms with Crippen LogP contribution in [0.2, 0.25) is 0 Å². The largest absolute Gasteiger partial charge is 0.478 e. The van der Waals surface area contributed by atoms with Gasteiger partial charge in [-0.15, -0.1) is 0 Å². The van der Waals surface area contributed by atoms with Crippen molar-refractivity contribution in [1.29, 1.82) is 0 Å². The Morgan fingerprint density at radius 1 is 1.06 bits per heavy atom. The zero-order valence-electron chi connectivity index (χ0n) is 18.9. The van der Waals surface area contributed by atoms with E-state index >= 15 is 0 Å². The minimum absolute atomic E-state index is 0.0352. The van der Waals surface area contributed by atoms with Crippen molar-refractivity contribution >= 4 is 33.1 Å². The van der Waals surface area contributed by atoms with E-state index in [-0.39, 0.29) is 22.2 Å². The van der Waals surface area contributed by atoms with Crippen molar-refractivity contribution in [2.45, 2.75) is 24.8 Å². The number of piperazine rings is 1. The summed E-state index contributed by atoms with van der Waals surface area (Å²) in [6.45, 7) is 6.10. The number of aromatic carboxylic acids is 1. The maximum atomic E-state index is 13.3. The molecular weight excluding hydrogens is 457 g/mol. The van der Waals surface area contributed by atoms with Crippen LogP contribution >= 0.6 is 0 Å². The Labute approximate surface area is 198 Å². The third-order valence-corrected chi connectivity index (χ3v) is 7.29. The number of halogens is 1. The Balaban J connectivity index is 1.63. The quantitative estimate of drug-likeness (QED) is 0.542. The first kappa shape index (κ1) is 23.6. The number of nitrogens with zero attached hydrogens (tertiary/aromatic N) is 2. The fraction of sp³-hybridized carbons (Fsp3) is 0.240. The first-order valence-corrected chi connectivity index (χ1v) is 12.4. The van der Waals surface area contributed by atoms with Crippen LogP contribution < -0.4 is 14.5 Å². The summed E-state index contributed by atoms with van der Waals surface area (Å²) in [6, 6.07) is 17.3. The fourth-order valence-corrected chi connectivity index (χ4v) is 5.28. The standard InChI is InChI=1S/C25H26FN3O4S/c1-17-4-3-5-21(14-17)29-13-12-28(16-18(29)2)24-11-6-19(25(30)31)15-23(24)27-34(32,33)22-9-7-20(26)8-10-22/h3-11,14-15,18,27H,12-13,16H2,1-2H3,(H,30,31). The summed E-state index contributed by atoms with van der Waals surface area (Å²) in [7, 11) is -4.05. The van der Waals surface area contributed by atoms with Gasteiger partial charge in [0.25, 0.3) is 10.0 Å². The number of hydrogen-bond donors (Lipinski definition) is 2. The number of benzene rings is 3. The molecule has 9 heteroatoms. The maximum absolute atomic E-state index is 13.3. The van der Waals surface area contributed by atoms with Crippen LogP contribution in [-0.2, 0) is 10.0 Å². The Morgan fingerprint density at radius 2 is 1.79 bits per heavy atom. The molecule has 1 atom stereocenters. The second-order valence-electron chi connectivity index (χ2n) is 8.42. The van der Waals surface area contributed by atoms with Gasteiger partial charge in [0.15, 0.2) is 0 Å². The number of sulfonamides is 1. The molecular formula is C25H26FN3O4S. The van der Waals surface area contributed by atoms with Gasteiger partial charge < -0.3 is 14.9 Å². The molecule has 3 aromatic rings. The minimum atomic E-state index is -4.05. The lowest BCUT2D eigenvalue weighted by molar-refractivity contribution is 0.0697. The third-order valence-electron chi connectivity index (χ3n) is 5.91. The first-order chi connectivity index (χ1) is 16.1. The van der Waals surface area contributed by atoms with Gasteiger partial charge in [-0.2, -0.15) is 0 Å². The minimum Gasteiger partial charge on any atom is -0.478 e. The predicted octanol–water partition coefficient (Wildman–Crippen LogP) is 4.35. The first-order valence-electron chi connectivity index (χ1n) is 10.9. The summed E-state index contributed by atoms with van der Waals surface area (Å²) in [5, 5.41) is 9.44. The Hall–Kier alpha value is -3.59. The van der Waals surface area contributed by atoms with Crippen LogP contribution in [0.4, 0.5) is 21.5 Å². The van der Waals surface area contributed by atoms with Crippen molar-refractivity contribution in [3.05, 3.63) is 83.7 Å². The average Bonchev–Trinajstić information content (AvgIpc) is 2.79. The van der Waals surface area contributed by atoms with E-state index in [0.29, 0.717) is 18.8 Å². The van der Waals surface area contributed by atoms with Gasteiger partial charge in [0.05, 0.1) is 21.8 Å². The number of rotatable bonds is 6. The molecule has 1 aliphatic heterocycles. The smallest absolute Gasteiger partial charge is 0.335 e. The topological polar surface area (TPSA) is 89.9 Å². The molecule has 0 aromatic heterocycles. The van der Waals surface area contributed by atoms with Crippen molar-refractivity contribution in [1.82, 2.24) is 0 Å². The van der Waals surface area contributed by atoms with Crippen molar-refractivity contribution in [3.8, 4) is 0 Å². The number of hydrogen-bond acceptors (Lipinski definition) is 5. The van der Waals surface area contributed by atoms with E-state index in [9.17, 15) is 22.7 Å². The second-order valence-corrected chi connectivity index (χ2v) is 10.1. The molecule has 1 saturated heterocycles. The molecule has 7 nitrogen and oxygen atoms in total. The van der Waals surface area contributed by atoms with Crippen molar-refractivity contribution in [2.75, 3.05) is 34.2 Å². The van der Waals surface area contributed by atoms with E-state index in [1.54, 1.807) is 6.07 Å². The van der Waals surface area contributed by atoms with Gasteiger partial charge in [0.2, 0.25) is 0 Å². The summed E-state index contributed by atoms with van der Waals surface area (Å²) < 4.78 is 41.7. The van der Waals surface area contributed by atoms with Crippen LogP contribution in [0, 0.1) is 12.7 Å². The Kier molecular flexibility index (Phi) is 6.47. The molecule has 0 radical (unpaired) electrons. The molecule has 4 rings (SSSR count). The molecule has 34 heavy (non-hydrogen) atoms. The molecule has 3 aromatic carbocycles. The highest BCUT2D eigenvalue weighted by Crippen LogP contribution is 2.32. The highest BCUT2D eigenvalue weighted by molar-refractivity contribution is 7.92. The molecule has 0 aliphatic carbocycles. The molecule has 0 bridgehead atoms. The molecule has 1 unspecified atom stereocenters. The van der Waals surface area contributed by atoms with Crippen LogP contribution in [-0.4, -0.2) is 45.2 Å². The van der Waals surface area contributed by atoms with Gasteiger partial charge in [-0.25, -0.2) is 17.6 Å². The number of nitrogens with one attached hydrogen (secondary N) is 1. The van der Waals surface area contributed by atoms with Gasteiger partial charge in [-0.3, -0.25) is 4.72 Å².